The third-order valence-electron chi connectivity index (χ3n) is 5.46. The monoisotopic (exact) mass is 547 g/mol. The fourth-order valence-corrected chi connectivity index (χ4v) is 14.4. The van der Waals surface area contributed by atoms with E-state index in [4.69, 9.17) is 0 Å². The van der Waals surface area contributed by atoms with Crippen molar-refractivity contribution in [1.82, 2.24) is 0 Å². The Hall–Kier alpha value is -1.60. The molecule has 4 aromatic carbocycles. The summed E-state index contributed by atoms with van der Waals surface area (Å²) in [5, 5.41) is 11.1. The molecule has 0 bridgehead atoms. The summed E-state index contributed by atoms with van der Waals surface area (Å²) < 4.78 is 0.762. The summed E-state index contributed by atoms with van der Waals surface area (Å²) in [6, 6.07) is 44.9. The zero-order chi connectivity index (χ0) is 22.2. The van der Waals surface area contributed by atoms with Gasteiger partial charge in [0.1, 0.15) is 0 Å². The van der Waals surface area contributed by atoms with Crippen LogP contribution in [0.25, 0.3) is 0 Å². The summed E-state index contributed by atoms with van der Waals surface area (Å²) in [6.45, 7) is 0. The van der Waals surface area contributed by atoms with Gasteiger partial charge in [0.15, 0.2) is 0 Å². The summed E-state index contributed by atoms with van der Waals surface area (Å²) in [6.07, 6.45) is 2.55. The molecule has 32 heavy (non-hydrogen) atoms. The van der Waals surface area contributed by atoms with Gasteiger partial charge in [-0.25, -0.2) is 0 Å². The average molecular weight is 548 g/mol. The molecule has 0 saturated heterocycles. The van der Waals surface area contributed by atoms with Crippen molar-refractivity contribution in [3.8, 4) is 0 Å². The molecule has 0 fully saturated rings. The Bertz CT molecular complexity index is 974. The second kappa shape index (κ2) is 12.0. The van der Waals surface area contributed by atoms with Crippen LogP contribution in [-0.4, -0.2) is 10.3 Å². The molecule has 0 amide bonds. The van der Waals surface area contributed by atoms with Gasteiger partial charge in [-0.05, 0) is 0 Å². The van der Waals surface area contributed by atoms with Crippen LogP contribution in [0.2, 0.25) is 10.8 Å². The molecule has 0 aromatic heterocycles. The van der Waals surface area contributed by atoms with Crippen molar-refractivity contribution in [1.29, 1.82) is 0 Å². The van der Waals surface area contributed by atoms with Crippen molar-refractivity contribution < 1.29 is 16.8 Å². The van der Waals surface area contributed by atoms with Gasteiger partial charge in [0, 0.05) is 0 Å². The van der Waals surface area contributed by atoms with Crippen molar-refractivity contribution in [2.24, 2.45) is 0 Å². The molecule has 0 nitrogen and oxygen atoms in total. The van der Waals surface area contributed by atoms with Gasteiger partial charge in [-0.1, -0.05) is 0 Å². The third-order valence-corrected chi connectivity index (χ3v) is 16.2. The Morgan fingerprint density at radius 3 is 1.22 bits per heavy atom. The molecule has 0 aliphatic rings. The minimum atomic E-state index is -0.647. The zero-order valence-corrected chi connectivity index (χ0v) is 22.1. The van der Waals surface area contributed by atoms with Gasteiger partial charge < -0.3 is 0 Å². The molecule has 0 saturated carbocycles. The molecule has 3 heteroatoms. The van der Waals surface area contributed by atoms with Crippen LogP contribution in [0.15, 0.2) is 121 Å². The quantitative estimate of drug-likeness (QED) is 0.162. The van der Waals surface area contributed by atoms with E-state index in [1.54, 1.807) is 0 Å². The Morgan fingerprint density at radius 2 is 0.875 bits per heavy atom. The van der Waals surface area contributed by atoms with Crippen LogP contribution in [0.3, 0.4) is 0 Å². The van der Waals surface area contributed by atoms with Crippen LogP contribution in [0.5, 0.6) is 0 Å². The van der Waals surface area contributed by atoms with Crippen molar-refractivity contribution in [2.75, 3.05) is 6.16 Å². The summed E-state index contributed by atoms with van der Waals surface area (Å²) in [5.41, 5.74) is 0. The van der Waals surface area contributed by atoms with Crippen LogP contribution in [-0.2, 0) is 16.8 Å². The van der Waals surface area contributed by atoms with Crippen LogP contribution < -0.4 is 21.2 Å². The van der Waals surface area contributed by atoms with Crippen molar-refractivity contribution in [3.05, 3.63) is 121 Å². The molecule has 1 atom stereocenters. The summed E-state index contributed by atoms with van der Waals surface area (Å²) in [4.78, 5) is 0. The van der Waals surface area contributed by atoms with Crippen LogP contribution in [0.1, 0.15) is 6.42 Å². The standard InChI is InChI=1S/C27H25P2.2CH3.Pd/c1-5-14-24(15-6-1)28(25-16-7-2-8-17-25)22-13-23-29(26-18-9-3-10-19-26)27-20-11-4-12-21-27;;;/h1-12,14-22H,13,23H2;2*1H3;. The molecule has 0 aliphatic carbocycles. The molecule has 0 aliphatic heterocycles. The van der Waals surface area contributed by atoms with E-state index < -0.39 is 16.8 Å². The summed E-state index contributed by atoms with van der Waals surface area (Å²) in [7, 11) is -0.702. The molecular formula is C29H31P2Pd. The van der Waals surface area contributed by atoms with E-state index in [-0.39, 0.29) is 15.8 Å². The average Bonchev–Trinajstić information content (AvgIpc) is 2.86. The van der Waals surface area contributed by atoms with Gasteiger partial charge in [0.05, 0.1) is 0 Å². The molecule has 4 rings (SSSR count). The first-order valence-electron chi connectivity index (χ1n) is 10.8. The van der Waals surface area contributed by atoms with E-state index in [0.29, 0.717) is 0 Å². The fourth-order valence-electron chi connectivity index (χ4n) is 3.96. The Kier molecular flexibility index (Phi) is 8.86. The molecule has 1 unspecified atom stereocenters. The Morgan fingerprint density at radius 1 is 0.531 bits per heavy atom. The van der Waals surface area contributed by atoms with Gasteiger partial charge in [0.25, 0.3) is 0 Å². The minimum absolute atomic E-state index is 0.342. The fraction of sp³-hybridized carbons (Fsp3) is 0.172. The van der Waals surface area contributed by atoms with Gasteiger partial charge in [-0.2, -0.15) is 0 Å². The number of hydrogen-bond donors (Lipinski definition) is 0. The number of rotatable bonds is 9. The van der Waals surface area contributed by atoms with Crippen molar-refractivity contribution in [2.45, 2.75) is 21.3 Å². The first-order valence-corrected chi connectivity index (χ1v) is 17.8. The van der Waals surface area contributed by atoms with E-state index in [9.17, 15) is 0 Å². The van der Waals surface area contributed by atoms with Gasteiger partial charge in [-0.15, -0.1) is 0 Å². The van der Waals surface area contributed by atoms with Gasteiger partial charge in [-0.3, -0.25) is 0 Å². The predicted molar refractivity (Wildman–Crippen MR) is 143 cm³/mol. The third kappa shape index (κ3) is 6.04. The van der Waals surface area contributed by atoms with E-state index in [1.165, 1.54) is 33.8 Å². The summed E-state index contributed by atoms with van der Waals surface area (Å²) in [5.74, 6) is 0. The molecule has 167 valence electrons. The Labute approximate surface area is 201 Å². The van der Waals surface area contributed by atoms with Gasteiger partial charge in [0.2, 0.25) is 0 Å². The van der Waals surface area contributed by atoms with Crippen molar-refractivity contribution in [3.63, 3.8) is 0 Å². The first kappa shape index (κ1) is 23.6. The van der Waals surface area contributed by atoms with E-state index in [0.717, 1.165) is 4.13 Å². The van der Waals surface area contributed by atoms with Crippen LogP contribution in [0, 0.1) is 0 Å². The van der Waals surface area contributed by atoms with Crippen LogP contribution in [0.4, 0.5) is 0 Å². The molecular weight excluding hydrogens is 517 g/mol. The first-order chi connectivity index (χ1) is 15.7. The maximum atomic E-state index is 2.53. The molecule has 0 radical (unpaired) electrons. The SMILES string of the molecule is [CH3][Pd]([CH3])[CH](CCP(c1ccccc1)c1ccccc1)P(c1ccccc1)c1ccccc1. The van der Waals surface area contributed by atoms with E-state index in [1.807, 2.05) is 0 Å². The molecule has 4 aromatic rings. The molecule has 0 spiro atoms. The second-order valence-electron chi connectivity index (χ2n) is 7.73. The predicted octanol–water partition coefficient (Wildman–Crippen LogP) is 6.68. The van der Waals surface area contributed by atoms with E-state index in [2.05, 4.69) is 132 Å². The Balaban J connectivity index is 1.66. The normalized spacial score (nSPS) is 12.7. The van der Waals surface area contributed by atoms with Gasteiger partial charge >= 0.3 is 203 Å². The molecule has 0 heterocycles. The zero-order valence-electron chi connectivity index (χ0n) is 18.7. The van der Waals surface area contributed by atoms with Crippen LogP contribution >= 0.6 is 15.8 Å². The number of benzene rings is 4. The topological polar surface area (TPSA) is 0 Å². The number of hydrogen-bond acceptors (Lipinski definition) is 0. The molecule has 0 N–H and O–H groups in total. The van der Waals surface area contributed by atoms with E-state index >= 15 is 0 Å². The van der Waals surface area contributed by atoms with Crippen molar-refractivity contribution >= 4 is 37.1 Å². The second-order valence-corrected chi connectivity index (χ2v) is 17.6. The maximum absolute atomic E-state index is 2.53. The summed E-state index contributed by atoms with van der Waals surface area (Å²) >= 11 is -0.647.